The number of aromatic nitrogens is 2. The molecule has 6 nitrogen and oxygen atoms in total. The molecule has 0 radical (unpaired) electrons. The number of nitrogens with one attached hydrogen (secondary N) is 2. The SMILES string of the molecule is CN(CCCCCc1cc(-c2ccccc2)n[nH]1)C(=O)CNC(=O)c1ccc(F)cc1. The predicted octanol–water partition coefficient (Wildman–Crippen LogP) is 3.82. The lowest BCUT2D eigenvalue weighted by Crippen LogP contribution is -2.38. The largest absolute Gasteiger partial charge is 0.344 e. The smallest absolute Gasteiger partial charge is 0.251 e. The first-order valence-corrected chi connectivity index (χ1v) is 10.4. The molecule has 0 bridgehead atoms. The third kappa shape index (κ3) is 6.77. The highest BCUT2D eigenvalue weighted by Gasteiger charge is 2.11. The first-order valence-electron chi connectivity index (χ1n) is 10.4. The fourth-order valence-electron chi connectivity index (χ4n) is 3.21. The van der Waals surface area contributed by atoms with Crippen LogP contribution in [0.1, 0.15) is 35.3 Å². The van der Waals surface area contributed by atoms with E-state index in [4.69, 9.17) is 0 Å². The summed E-state index contributed by atoms with van der Waals surface area (Å²) in [6.45, 7) is 0.548. The van der Waals surface area contributed by atoms with Crippen molar-refractivity contribution in [3.8, 4) is 11.3 Å². The number of H-pyrrole nitrogens is 1. The summed E-state index contributed by atoms with van der Waals surface area (Å²) in [5.41, 5.74) is 3.47. The van der Waals surface area contributed by atoms with E-state index >= 15 is 0 Å². The molecule has 0 atom stereocenters. The van der Waals surface area contributed by atoms with Crippen LogP contribution in [0.5, 0.6) is 0 Å². The van der Waals surface area contributed by atoms with Crippen LogP contribution in [0.15, 0.2) is 60.7 Å². The minimum Gasteiger partial charge on any atom is -0.344 e. The zero-order chi connectivity index (χ0) is 22.1. The summed E-state index contributed by atoms with van der Waals surface area (Å²) >= 11 is 0. The average molecular weight is 423 g/mol. The second-order valence-corrected chi connectivity index (χ2v) is 7.46. The lowest BCUT2D eigenvalue weighted by atomic mass is 10.1. The summed E-state index contributed by atoms with van der Waals surface area (Å²) in [5.74, 6) is -0.954. The highest BCUT2D eigenvalue weighted by atomic mass is 19.1. The van der Waals surface area contributed by atoms with Crippen molar-refractivity contribution in [3.63, 3.8) is 0 Å². The molecular weight excluding hydrogens is 395 g/mol. The number of carbonyl (C=O) groups excluding carboxylic acids is 2. The molecule has 2 aromatic carbocycles. The van der Waals surface area contributed by atoms with Crippen LogP contribution in [-0.4, -0.2) is 47.0 Å². The number of hydrogen-bond acceptors (Lipinski definition) is 3. The molecule has 0 aliphatic carbocycles. The van der Waals surface area contributed by atoms with Crippen LogP contribution in [-0.2, 0) is 11.2 Å². The molecule has 0 saturated carbocycles. The molecule has 162 valence electrons. The molecule has 1 aromatic heterocycles. The Morgan fingerprint density at radius 2 is 1.77 bits per heavy atom. The van der Waals surface area contributed by atoms with Crippen molar-refractivity contribution < 1.29 is 14.0 Å². The zero-order valence-corrected chi connectivity index (χ0v) is 17.6. The molecule has 31 heavy (non-hydrogen) atoms. The lowest BCUT2D eigenvalue weighted by molar-refractivity contribution is -0.128. The van der Waals surface area contributed by atoms with Crippen molar-refractivity contribution in [2.75, 3.05) is 20.1 Å². The molecule has 0 aliphatic rings. The Balaban J connectivity index is 1.31. The molecule has 0 spiro atoms. The molecule has 2 N–H and O–H groups in total. The first-order chi connectivity index (χ1) is 15.0. The Labute approximate surface area is 181 Å². The van der Waals surface area contributed by atoms with Gasteiger partial charge in [-0.3, -0.25) is 14.7 Å². The van der Waals surface area contributed by atoms with Crippen molar-refractivity contribution in [2.45, 2.75) is 25.7 Å². The third-order valence-corrected chi connectivity index (χ3v) is 5.07. The maximum Gasteiger partial charge on any atom is 0.251 e. The van der Waals surface area contributed by atoms with Crippen molar-refractivity contribution in [1.29, 1.82) is 0 Å². The number of carbonyl (C=O) groups is 2. The van der Waals surface area contributed by atoms with Crippen LogP contribution in [0.3, 0.4) is 0 Å². The summed E-state index contributed by atoms with van der Waals surface area (Å²) in [6, 6.07) is 17.3. The molecule has 7 heteroatoms. The first kappa shape index (κ1) is 22.2. The van der Waals surface area contributed by atoms with Gasteiger partial charge in [-0.25, -0.2) is 4.39 Å². The van der Waals surface area contributed by atoms with Gasteiger partial charge in [0.15, 0.2) is 0 Å². The van der Waals surface area contributed by atoms with Gasteiger partial charge in [-0.1, -0.05) is 36.8 Å². The molecule has 3 rings (SSSR count). The van der Waals surface area contributed by atoms with Gasteiger partial charge < -0.3 is 10.2 Å². The van der Waals surface area contributed by atoms with E-state index in [-0.39, 0.29) is 12.5 Å². The maximum absolute atomic E-state index is 12.9. The third-order valence-electron chi connectivity index (χ3n) is 5.07. The monoisotopic (exact) mass is 422 g/mol. The normalized spacial score (nSPS) is 10.6. The number of aromatic amines is 1. The van der Waals surface area contributed by atoms with Gasteiger partial charge in [0.2, 0.25) is 5.91 Å². The number of nitrogens with zero attached hydrogens (tertiary/aromatic N) is 2. The second kappa shape index (κ2) is 11.1. The van der Waals surface area contributed by atoms with Gasteiger partial charge in [-0.05, 0) is 49.6 Å². The van der Waals surface area contributed by atoms with Gasteiger partial charge in [0.1, 0.15) is 5.82 Å². The van der Waals surface area contributed by atoms with E-state index in [1.165, 1.54) is 24.3 Å². The van der Waals surface area contributed by atoms with Crippen LogP contribution < -0.4 is 5.32 Å². The van der Waals surface area contributed by atoms with Crippen LogP contribution in [0.2, 0.25) is 0 Å². The lowest BCUT2D eigenvalue weighted by Gasteiger charge is -2.17. The number of likely N-dealkylation sites (N-methyl/N-ethyl adjacent to an activating group) is 1. The zero-order valence-electron chi connectivity index (χ0n) is 17.6. The van der Waals surface area contributed by atoms with E-state index in [0.29, 0.717) is 12.1 Å². The number of hydrogen-bond donors (Lipinski definition) is 2. The minimum atomic E-state index is -0.406. The number of aryl methyl sites for hydroxylation is 1. The van der Waals surface area contributed by atoms with Crippen LogP contribution >= 0.6 is 0 Å². The number of halogens is 1. The van der Waals surface area contributed by atoms with E-state index in [1.54, 1.807) is 11.9 Å². The van der Waals surface area contributed by atoms with Crippen LogP contribution in [0, 0.1) is 5.82 Å². The molecule has 1 heterocycles. The van der Waals surface area contributed by atoms with Gasteiger partial charge >= 0.3 is 0 Å². The van der Waals surface area contributed by atoms with Crippen LogP contribution in [0.25, 0.3) is 11.3 Å². The molecule has 0 unspecified atom stereocenters. The number of rotatable bonds is 10. The average Bonchev–Trinajstić information content (AvgIpc) is 3.27. The van der Waals surface area contributed by atoms with E-state index in [1.807, 2.05) is 30.3 Å². The summed E-state index contributed by atoms with van der Waals surface area (Å²) in [5, 5.41) is 10.0. The number of amides is 2. The Morgan fingerprint density at radius 1 is 1.03 bits per heavy atom. The Bertz CT molecular complexity index is 986. The quantitative estimate of drug-likeness (QED) is 0.488. The number of unbranched alkanes of at least 4 members (excludes halogenated alkanes) is 2. The van der Waals surface area contributed by atoms with Crippen LogP contribution in [0.4, 0.5) is 4.39 Å². The summed E-state index contributed by atoms with van der Waals surface area (Å²) in [6.07, 6.45) is 3.78. The summed E-state index contributed by atoms with van der Waals surface area (Å²) in [7, 11) is 1.73. The molecule has 2 amide bonds. The van der Waals surface area contributed by atoms with E-state index in [0.717, 1.165) is 42.6 Å². The second-order valence-electron chi connectivity index (χ2n) is 7.46. The Hall–Kier alpha value is -3.48. The summed E-state index contributed by atoms with van der Waals surface area (Å²) in [4.78, 5) is 25.8. The fraction of sp³-hybridized carbons (Fsp3) is 0.292. The van der Waals surface area contributed by atoms with E-state index < -0.39 is 11.7 Å². The predicted molar refractivity (Wildman–Crippen MR) is 118 cm³/mol. The van der Waals surface area contributed by atoms with Gasteiger partial charge in [-0.2, -0.15) is 5.10 Å². The van der Waals surface area contributed by atoms with Crippen molar-refractivity contribution in [2.24, 2.45) is 0 Å². The van der Waals surface area contributed by atoms with Crippen molar-refractivity contribution in [3.05, 3.63) is 77.7 Å². The number of benzene rings is 2. The molecule has 0 aliphatic heterocycles. The van der Waals surface area contributed by atoms with Gasteiger partial charge in [-0.15, -0.1) is 0 Å². The van der Waals surface area contributed by atoms with Gasteiger partial charge in [0.25, 0.3) is 5.91 Å². The van der Waals surface area contributed by atoms with Gasteiger partial charge in [0.05, 0.1) is 12.2 Å². The minimum absolute atomic E-state index is 0.0802. The fourth-order valence-corrected chi connectivity index (χ4v) is 3.21. The Kier molecular flexibility index (Phi) is 7.92. The molecule has 0 saturated heterocycles. The van der Waals surface area contributed by atoms with Crippen molar-refractivity contribution in [1.82, 2.24) is 20.4 Å². The van der Waals surface area contributed by atoms with E-state index in [9.17, 15) is 14.0 Å². The Morgan fingerprint density at radius 3 is 2.52 bits per heavy atom. The summed E-state index contributed by atoms with van der Waals surface area (Å²) < 4.78 is 12.9. The maximum atomic E-state index is 12.9. The molecule has 3 aromatic rings. The molecule has 0 fully saturated rings. The van der Waals surface area contributed by atoms with E-state index in [2.05, 4.69) is 21.6 Å². The standard InChI is InChI=1S/C24H27FN4O2/c1-29(23(30)17-26-24(31)19-11-13-20(25)14-12-19)15-7-3-6-10-21-16-22(28-27-21)18-8-4-2-5-9-18/h2,4-5,8-9,11-14,16H,3,6-7,10,15,17H2,1H3,(H,26,31)(H,27,28). The molecular formula is C24H27FN4O2. The van der Waals surface area contributed by atoms with Gasteiger partial charge in [0, 0.05) is 30.4 Å². The van der Waals surface area contributed by atoms with Crippen molar-refractivity contribution >= 4 is 11.8 Å². The topological polar surface area (TPSA) is 78.1 Å². The highest BCUT2D eigenvalue weighted by molar-refractivity contribution is 5.96. The highest BCUT2D eigenvalue weighted by Crippen LogP contribution is 2.17.